The number of nitrogens with one attached hydrogen (secondary N) is 1. The summed E-state index contributed by atoms with van der Waals surface area (Å²) in [5.41, 5.74) is 0. The molecule has 0 saturated heterocycles. The number of hydrogen-bond acceptors (Lipinski definition) is 5. The largest absolute Gasteiger partial charge is 0.377 e. The van der Waals surface area contributed by atoms with Crippen molar-refractivity contribution in [3.05, 3.63) is 17.0 Å². The summed E-state index contributed by atoms with van der Waals surface area (Å²) < 4.78 is 10.9. The molecule has 0 spiro atoms. The van der Waals surface area contributed by atoms with Crippen LogP contribution in [0.25, 0.3) is 0 Å². The van der Waals surface area contributed by atoms with E-state index in [0.29, 0.717) is 36.1 Å². The average molecular weight is 300 g/mol. The molecule has 0 bridgehead atoms. The lowest BCUT2D eigenvalue weighted by Crippen LogP contribution is -2.20. The minimum absolute atomic E-state index is 0.355. The van der Waals surface area contributed by atoms with E-state index in [1.165, 1.54) is 32.1 Å². The van der Waals surface area contributed by atoms with Gasteiger partial charge in [0.05, 0.1) is 12.7 Å². The van der Waals surface area contributed by atoms with Crippen molar-refractivity contribution < 1.29 is 9.47 Å². The van der Waals surface area contributed by atoms with Gasteiger partial charge in [-0.2, -0.15) is 0 Å². The van der Waals surface area contributed by atoms with Crippen LogP contribution in [0.1, 0.15) is 37.9 Å². The highest BCUT2D eigenvalue weighted by molar-refractivity contribution is 6.29. The lowest BCUT2D eigenvalue weighted by atomic mass is 9.98. The maximum absolute atomic E-state index is 5.94. The van der Waals surface area contributed by atoms with Crippen molar-refractivity contribution in [2.24, 2.45) is 0 Å². The summed E-state index contributed by atoms with van der Waals surface area (Å²) in [6, 6.07) is 1.71. The number of aromatic nitrogens is 2. The number of rotatable bonds is 7. The third-order valence-corrected chi connectivity index (χ3v) is 3.52. The lowest BCUT2D eigenvalue weighted by Gasteiger charge is -2.22. The predicted octanol–water partition coefficient (Wildman–Crippen LogP) is 3.04. The van der Waals surface area contributed by atoms with Crippen molar-refractivity contribution in [1.29, 1.82) is 0 Å². The highest BCUT2D eigenvalue weighted by Gasteiger charge is 2.13. The van der Waals surface area contributed by atoms with E-state index < -0.39 is 0 Å². The van der Waals surface area contributed by atoms with Gasteiger partial charge in [0.25, 0.3) is 0 Å². The fraction of sp³-hybridized carbons (Fsp3) is 0.714. The summed E-state index contributed by atoms with van der Waals surface area (Å²) in [4.78, 5) is 8.40. The molecule has 112 valence electrons. The normalized spacial score (nSPS) is 16.3. The van der Waals surface area contributed by atoms with E-state index in [4.69, 9.17) is 21.1 Å². The van der Waals surface area contributed by atoms with Gasteiger partial charge in [0.2, 0.25) is 0 Å². The molecule has 1 heterocycles. The molecule has 1 aromatic rings. The summed E-state index contributed by atoms with van der Waals surface area (Å²) in [6.07, 6.45) is 6.75. The molecule has 20 heavy (non-hydrogen) atoms. The molecular weight excluding hydrogens is 278 g/mol. The first kappa shape index (κ1) is 15.5. The van der Waals surface area contributed by atoms with Crippen LogP contribution in [0.4, 0.5) is 5.82 Å². The molecule has 1 aliphatic rings. The Bertz CT molecular complexity index is 411. The summed E-state index contributed by atoms with van der Waals surface area (Å²) in [5, 5.41) is 3.63. The molecule has 0 radical (unpaired) electrons. The van der Waals surface area contributed by atoms with Crippen molar-refractivity contribution in [2.45, 2.75) is 44.8 Å². The summed E-state index contributed by atoms with van der Waals surface area (Å²) in [7, 11) is 1.61. The van der Waals surface area contributed by atoms with Gasteiger partial charge >= 0.3 is 0 Å². The summed E-state index contributed by atoms with van der Waals surface area (Å²) in [6.45, 7) is 1.76. The van der Waals surface area contributed by atoms with Gasteiger partial charge in [0, 0.05) is 19.7 Å². The van der Waals surface area contributed by atoms with E-state index in [9.17, 15) is 0 Å². The third kappa shape index (κ3) is 5.23. The Balaban J connectivity index is 1.72. The molecule has 1 N–H and O–H groups in total. The van der Waals surface area contributed by atoms with Crippen LogP contribution in [0.3, 0.4) is 0 Å². The Morgan fingerprint density at radius 3 is 2.85 bits per heavy atom. The van der Waals surface area contributed by atoms with Crippen LogP contribution < -0.4 is 5.32 Å². The van der Waals surface area contributed by atoms with E-state index >= 15 is 0 Å². The Kier molecular flexibility index (Phi) is 6.50. The smallest absolute Gasteiger partial charge is 0.158 e. The number of anilines is 1. The average Bonchev–Trinajstić information content (AvgIpc) is 2.45. The zero-order valence-electron chi connectivity index (χ0n) is 11.9. The maximum Gasteiger partial charge on any atom is 0.158 e. The van der Waals surface area contributed by atoms with Gasteiger partial charge in [-0.3, -0.25) is 0 Å². The molecule has 1 saturated carbocycles. The predicted molar refractivity (Wildman–Crippen MR) is 79.1 cm³/mol. The van der Waals surface area contributed by atoms with Crippen LogP contribution in [-0.2, 0) is 16.1 Å². The Morgan fingerprint density at radius 1 is 1.30 bits per heavy atom. The molecule has 0 amide bonds. The molecule has 0 aliphatic heterocycles. The molecule has 0 unspecified atom stereocenters. The maximum atomic E-state index is 5.94. The Morgan fingerprint density at radius 2 is 2.10 bits per heavy atom. The second-order valence-electron chi connectivity index (χ2n) is 4.98. The van der Waals surface area contributed by atoms with Crippen LogP contribution in [0.2, 0.25) is 5.15 Å². The van der Waals surface area contributed by atoms with Gasteiger partial charge in [-0.05, 0) is 12.8 Å². The number of nitrogens with zero attached hydrogens (tertiary/aromatic N) is 2. The number of ether oxygens (including phenoxy) is 2. The molecular formula is C14H22ClN3O2. The van der Waals surface area contributed by atoms with Gasteiger partial charge in [-0.1, -0.05) is 30.9 Å². The molecule has 0 atom stereocenters. The standard InChI is InChI=1S/C14H22ClN3O2/c1-19-10-14-17-12(15)9-13(18-14)16-7-8-20-11-5-3-2-4-6-11/h9,11H,2-8,10H2,1H3,(H,16,17,18). The molecule has 1 aliphatic carbocycles. The minimum Gasteiger partial charge on any atom is -0.377 e. The number of methoxy groups -OCH3 is 1. The Labute approximate surface area is 125 Å². The van der Waals surface area contributed by atoms with E-state index in [1.54, 1.807) is 13.2 Å². The van der Waals surface area contributed by atoms with Gasteiger partial charge < -0.3 is 14.8 Å². The first-order valence-corrected chi connectivity index (χ1v) is 7.53. The monoisotopic (exact) mass is 299 g/mol. The topological polar surface area (TPSA) is 56.3 Å². The lowest BCUT2D eigenvalue weighted by molar-refractivity contribution is 0.0347. The first-order valence-electron chi connectivity index (χ1n) is 7.16. The molecule has 5 nitrogen and oxygen atoms in total. The van der Waals surface area contributed by atoms with Crippen LogP contribution in [0, 0.1) is 0 Å². The van der Waals surface area contributed by atoms with Crippen molar-refractivity contribution in [3.63, 3.8) is 0 Å². The van der Waals surface area contributed by atoms with Crippen LogP contribution >= 0.6 is 11.6 Å². The fourth-order valence-corrected chi connectivity index (χ4v) is 2.59. The van der Waals surface area contributed by atoms with Crippen LogP contribution in [0.5, 0.6) is 0 Å². The molecule has 6 heteroatoms. The second kappa shape index (κ2) is 8.39. The van der Waals surface area contributed by atoms with Crippen molar-refractivity contribution >= 4 is 17.4 Å². The molecule has 0 aromatic carbocycles. The fourth-order valence-electron chi connectivity index (χ4n) is 2.39. The SMILES string of the molecule is COCc1nc(Cl)cc(NCCOC2CCCCC2)n1. The highest BCUT2D eigenvalue weighted by Crippen LogP contribution is 2.20. The van der Waals surface area contributed by atoms with Gasteiger partial charge in [0.1, 0.15) is 17.6 Å². The first-order chi connectivity index (χ1) is 9.78. The zero-order valence-corrected chi connectivity index (χ0v) is 12.7. The summed E-state index contributed by atoms with van der Waals surface area (Å²) >= 11 is 5.94. The van der Waals surface area contributed by atoms with Crippen LogP contribution in [0.15, 0.2) is 6.07 Å². The van der Waals surface area contributed by atoms with Gasteiger partial charge in [-0.15, -0.1) is 0 Å². The van der Waals surface area contributed by atoms with Gasteiger partial charge in [-0.25, -0.2) is 9.97 Å². The van der Waals surface area contributed by atoms with Gasteiger partial charge in [0.15, 0.2) is 5.82 Å². The molecule has 1 fully saturated rings. The zero-order chi connectivity index (χ0) is 14.2. The van der Waals surface area contributed by atoms with E-state index in [1.807, 2.05) is 0 Å². The summed E-state index contributed by atoms with van der Waals surface area (Å²) in [5.74, 6) is 1.29. The third-order valence-electron chi connectivity index (χ3n) is 3.33. The highest BCUT2D eigenvalue weighted by atomic mass is 35.5. The number of hydrogen-bond donors (Lipinski definition) is 1. The van der Waals surface area contributed by atoms with Crippen molar-refractivity contribution in [1.82, 2.24) is 9.97 Å². The Hall–Kier alpha value is -0.910. The molecule has 2 rings (SSSR count). The van der Waals surface area contributed by atoms with Crippen molar-refractivity contribution in [2.75, 3.05) is 25.6 Å². The quantitative estimate of drug-likeness (QED) is 0.619. The number of halogens is 1. The van der Waals surface area contributed by atoms with E-state index in [-0.39, 0.29) is 0 Å². The van der Waals surface area contributed by atoms with Crippen LogP contribution in [-0.4, -0.2) is 36.3 Å². The second-order valence-corrected chi connectivity index (χ2v) is 5.37. The minimum atomic E-state index is 0.355. The van der Waals surface area contributed by atoms with Crippen molar-refractivity contribution in [3.8, 4) is 0 Å². The molecule has 1 aromatic heterocycles. The van der Waals surface area contributed by atoms with E-state index in [0.717, 1.165) is 6.54 Å². The van der Waals surface area contributed by atoms with E-state index in [2.05, 4.69) is 15.3 Å².